The smallest absolute Gasteiger partial charge is 0.227 e. The summed E-state index contributed by atoms with van der Waals surface area (Å²) < 4.78 is 0. The topological polar surface area (TPSA) is 60.8 Å². The number of phenolic OH excluding ortho intramolecular Hbond substituents is 1. The molecular weight excluding hydrogens is 206 g/mol. The lowest BCUT2D eigenvalue weighted by Gasteiger charge is -2.15. The summed E-state index contributed by atoms with van der Waals surface area (Å²) in [6.45, 7) is 1.01. The summed E-state index contributed by atoms with van der Waals surface area (Å²) in [5.74, 6) is 0.105. The number of aliphatic hydroxyl groups is 1. The fraction of sp³-hybridized carbons (Fsp3) is 0.417. The molecule has 1 aromatic carbocycles. The van der Waals surface area contributed by atoms with Gasteiger partial charge in [-0.2, -0.15) is 0 Å². The summed E-state index contributed by atoms with van der Waals surface area (Å²) in [7, 11) is 0. The second kappa shape index (κ2) is 4.53. The molecule has 86 valence electrons. The summed E-state index contributed by atoms with van der Waals surface area (Å²) >= 11 is 0. The van der Waals surface area contributed by atoms with Crippen LogP contribution in [0.3, 0.4) is 0 Å². The molecule has 1 fully saturated rings. The molecule has 1 aliphatic rings. The van der Waals surface area contributed by atoms with Crippen molar-refractivity contribution in [1.29, 1.82) is 0 Å². The van der Waals surface area contributed by atoms with Gasteiger partial charge < -0.3 is 15.1 Å². The number of hydrogen-bond donors (Lipinski definition) is 2. The molecule has 2 rings (SSSR count). The molecule has 4 heteroatoms. The number of likely N-dealkylation sites (tertiary alicyclic amines) is 1. The highest BCUT2D eigenvalue weighted by Crippen LogP contribution is 2.18. The molecule has 0 aliphatic carbocycles. The van der Waals surface area contributed by atoms with E-state index >= 15 is 0 Å². The Labute approximate surface area is 94.1 Å². The van der Waals surface area contributed by atoms with E-state index in [9.17, 15) is 15.0 Å². The van der Waals surface area contributed by atoms with Crippen LogP contribution in [0.2, 0.25) is 0 Å². The van der Waals surface area contributed by atoms with Crippen molar-refractivity contribution < 1.29 is 15.0 Å². The number of carbonyl (C=O) groups is 1. The second-order valence-electron chi connectivity index (χ2n) is 4.09. The largest absolute Gasteiger partial charge is 0.508 e. The molecule has 1 heterocycles. The van der Waals surface area contributed by atoms with Crippen molar-refractivity contribution in [2.24, 2.45) is 0 Å². The zero-order valence-electron chi connectivity index (χ0n) is 8.97. The van der Waals surface area contributed by atoms with E-state index in [1.54, 1.807) is 29.2 Å². The molecule has 0 spiro atoms. The van der Waals surface area contributed by atoms with Gasteiger partial charge in [-0.1, -0.05) is 18.2 Å². The molecule has 1 saturated heterocycles. The van der Waals surface area contributed by atoms with Crippen LogP contribution in [-0.2, 0) is 11.2 Å². The number of hydrogen-bond acceptors (Lipinski definition) is 3. The normalized spacial score (nSPS) is 20.1. The predicted molar refractivity (Wildman–Crippen MR) is 59.0 cm³/mol. The average Bonchev–Trinajstić information content (AvgIpc) is 2.68. The van der Waals surface area contributed by atoms with Gasteiger partial charge in [0.25, 0.3) is 0 Å². The van der Waals surface area contributed by atoms with Crippen LogP contribution in [0.5, 0.6) is 5.75 Å². The van der Waals surface area contributed by atoms with Crippen LogP contribution in [0.15, 0.2) is 24.3 Å². The van der Waals surface area contributed by atoms with E-state index in [2.05, 4.69) is 0 Å². The lowest BCUT2D eigenvalue weighted by molar-refractivity contribution is -0.129. The monoisotopic (exact) mass is 221 g/mol. The molecule has 1 aromatic rings. The van der Waals surface area contributed by atoms with Gasteiger partial charge in [0.05, 0.1) is 12.5 Å². The molecule has 1 aliphatic heterocycles. The lowest BCUT2D eigenvalue weighted by Crippen LogP contribution is -2.30. The Bertz CT molecular complexity index is 392. The van der Waals surface area contributed by atoms with Gasteiger partial charge in [-0.3, -0.25) is 4.79 Å². The van der Waals surface area contributed by atoms with Crippen LogP contribution >= 0.6 is 0 Å². The SMILES string of the molecule is O=C(Cc1ccccc1O)N1CC[C@H](O)C1. The molecule has 2 N–H and O–H groups in total. The number of benzene rings is 1. The number of nitrogens with zero attached hydrogens (tertiary/aromatic N) is 1. The van der Waals surface area contributed by atoms with Gasteiger partial charge in [-0.15, -0.1) is 0 Å². The molecule has 1 amide bonds. The minimum atomic E-state index is -0.395. The first-order chi connectivity index (χ1) is 7.66. The Kier molecular flexibility index (Phi) is 3.10. The predicted octanol–water partition coefficient (Wildman–Crippen LogP) is 0.528. The third-order valence-electron chi connectivity index (χ3n) is 2.85. The van der Waals surface area contributed by atoms with Crippen LogP contribution in [0.1, 0.15) is 12.0 Å². The van der Waals surface area contributed by atoms with Gasteiger partial charge in [0.2, 0.25) is 5.91 Å². The van der Waals surface area contributed by atoms with Crippen LogP contribution in [0.25, 0.3) is 0 Å². The van der Waals surface area contributed by atoms with E-state index in [-0.39, 0.29) is 18.1 Å². The first kappa shape index (κ1) is 11.0. The highest BCUT2D eigenvalue weighted by molar-refractivity contribution is 5.79. The molecule has 16 heavy (non-hydrogen) atoms. The van der Waals surface area contributed by atoms with Crippen LogP contribution in [0.4, 0.5) is 0 Å². The van der Waals surface area contributed by atoms with Gasteiger partial charge in [-0.05, 0) is 12.5 Å². The lowest BCUT2D eigenvalue weighted by atomic mass is 10.1. The average molecular weight is 221 g/mol. The van der Waals surface area contributed by atoms with Crippen molar-refractivity contribution in [1.82, 2.24) is 4.90 Å². The first-order valence-electron chi connectivity index (χ1n) is 5.39. The quantitative estimate of drug-likeness (QED) is 0.765. The van der Waals surface area contributed by atoms with Crippen molar-refractivity contribution in [2.45, 2.75) is 18.9 Å². The number of rotatable bonds is 2. The van der Waals surface area contributed by atoms with Gasteiger partial charge in [-0.25, -0.2) is 0 Å². The standard InChI is InChI=1S/C12H15NO3/c14-10-5-6-13(8-10)12(16)7-9-3-1-2-4-11(9)15/h1-4,10,14-15H,5-8H2/t10-/m0/s1. The minimum absolute atomic E-state index is 0.0435. The molecule has 4 nitrogen and oxygen atoms in total. The van der Waals surface area contributed by atoms with Gasteiger partial charge in [0.15, 0.2) is 0 Å². The Morgan fingerprint density at radius 1 is 1.44 bits per heavy atom. The second-order valence-corrected chi connectivity index (χ2v) is 4.09. The van der Waals surface area contributed by atoms with E-state index in [1.807, 2.05) is 0 Å². The number of carbonyl (C=O) groups excluding carboxylic acids is 1. The van der Waals surface area contributed by atoms with Crippen LogP contribution < -0.4 is 0 Å². The number of β-amino-alcohol motifs (C(OH)–C–C–N with tert-alkyl or cyclic N) is 1. The maximum absolute atomic E-state index is 11.8. The van der Waals surface area contributed by atoms with E-state index in [0.29, 0.717) is 25.1 Å². The summed E-state index contributed by atoms with van der Waals surface area (Å²) in [6, 6.07) is 6.82. The first-order valence-corrected chi connectivity index (χ1v) is 5.39. The van der Waals surface area contributed by atoms with Crippen molar-refractivity contribution in [3.8, 4) is 5.75 Å². The molecule has 0 radical (unpaired) electrons. The number of aromatic hydroxyl groups is 1. The number of amides is 1. The van der Waals surface area contributed by atoms with E-state index < -0.39 is 6.10 Å². The van der Waals surface area contributed by atoms with Crippen molar-refractivity contribution >= 4 is 5.91 Å². The molecule has 0 unspecified atom stereocenters. The van der Waals surface area contributed by atoms with Gasteiger partial charge >= 0.3 is 0 Å². The molecule has 0 bridgehead atoms. The number of phenols is 1. The summed E-state index contributed by atoms with van der Waals surface area (Å²) in [5.41, 5.74) is 0.633. The third-order valence-corrected chi connectivity index (χ3v) is 2.85. The van der Waals surface area contributed by atoms with Crippen molar-refractivity contribution in [3.63, 3.8) is 0 Å². The number of para-hydroxylation sites is 1. The third kappa shape index (κ3) is 2.33. The van der Waals surface area contributed by atoms with Gasteiger partial charge in [0.1, 0.15) is 5.75 Å². The molecule has 0 aromatic heterocycles. The Hall–Kier alpha value is -1.55. The zero-order valence-corrected chi connectivity index (χ0v) is 8.97. The van der Waals surface area contributed by atoms with Crippen molar-refractivity contribution in [2.75, 3.05) is 13.1 Å². The van der Waals surface area contributed by atoms with E-state index in [0.717, 1.165) is 0 Å². The Morgan fingerprint density at radius 3 is 2.81 bits per heavy atom. The van der Waals surface area contributed by atoms with Crippen molar-refractivity contribution in [3.05, 3.63) is 29.8 Å². The molecule has 1 atom stereocenters. The molecule has 0 saturated carbocycles. The summed E-state index contributed by atoms with van der Waals surface area (Å²) in [6.07, 6.45) is 0.444. The van der Waals surface area contributed by atoms with Crippen LogP contribution in [-0.4, -0.2) is 40.2 Å². The highest BCUT2D eigenvalue weighted by Gasteiger charge is 2.24. The maximum atomic E-state index is 11.8. The summed E-state index contributed by atoms with van der Waals surface area (Å²) in [4.78, 5) is 13.5. The van der Waals surface area contributed by atoms with E-state index in [4.69, 9.17) is 0 Å². The summed E-state index contributed by atoms with van der Waals surface area (Å²) in [5, 5.41) is 18.9. The zero-order chi connectivity index (χ0) is 11.5. The fourth-order valence-corrected chi connectivity index (χ4v) is 1.90. The van der Waals surface area contributed by atoms with Crippen LogP contribution in [0, 0.1) is 0 Å². The Balaban J connectivity index is 2.00. The minimum Gasteiger partial charge on any atom is -0.508 e. The van der Waals surface area contributed by atoms with E-state index in [1.165, 1.54) is 0 Å². The fourth-order valence-electron chi connectivity index (χ4n) is 1.90. The highest BCUT2D eigenvalue weighted by atomic mass is 16.3. The number of aliphatic hydroxyl groups excluding tert-OH is 1. The molecular formula is C12H15NO3. The Morgan fingerprint density at radius 2 is 2.19 bits per heavy atom. The van der Waals surface area contributed by atoms with Gasteiger partial charge in [0, 0.05) is 18.7 Å². The maximum Gasteiger partial charge on any atom is 0.227 e.